The van der Waals surface area contributed by atoms with Gasteiger partial charge in [-0.1, -0.05) is 0 Å². The first-order valence-corrected chi connectivity index (χ1v) is 6.09. The van der Waals surface area contributed by atoms with Crippen LogP contribution in [0.2, 0.25) is 0 Å². The van der Waals surface area contributed by atoms with Crippen molar-refractivity contribution in [3.63, 3.8) is 0 Å². The van der Waals surface area contributed by atoms with Gasteiger partial charge in [-0.15, -0.1) is 0 Å². The van der Waals surface area contributed by atoms with Crippen LogP contribution in [0.4, 0.5) is 0 Å². The fraction of sp³-hybridized carbons (Fsp3) is 1.00. The Morgan fingerprint density at radius 3 is 2.87 bits per heavy atom. The molecule has 0 N–H and O–H groups in total. The highest BCUT2D eigenvalue weighted by atomic mass is 16.5. The Labute approximate surface area is 92.7 Å². The maximum atomic E-state index is 6.08. The van der Waals surface area contributed by atoms with Crippen LogP contribution < -0.4 is 0 Å². The Hall–Kier alpha value is -0.120. The SMILES string of the molecule is CC(C)OC1CCOCC12CCCN2C. The van der Waals surface area contributed by atoms with Crippen molar-refractivity contribution in [3.05, 3.63) is 0 Å². The molecule has 0 saturated carbocycles. The molecule has 2 rings (SSSR count). The van der Waals surface area contributed by atoms with Gasteiger partial charge >= 0.3 is 0 Å². The van der Waals surface area contributed by atoms with E-state index in [9.17, 15) is 0 Å². The summed E-state index contributed by atoms with van der Waals surface area (Å²) in [4.78, 5) is 2.44. The van der Waals surface area contributed by atoms with Gasteiger partial charge < -0.3 is 9.47 Å². The molecule has 0 bridgehead atoms. The topological polar surface area (TPSA) is 21.7 Å². The minimum Gasteiger partial charge on any atom is -0.379 e. The van der Waals surface area contributed by atoms with E-state index in [1.807, 2.05) is 0 Å². The third kappa shape index (κ3) is 2.05. The average Bonchev–Trinajstić information content (AvgIpc) is 2.53. The molecule has 0 aromatic heterocycles. The predicted octanol–water partition coefficient (Wildman–Crippen LogP) is 1.66. The van der Waals surface area contributed by atoms with Crippen molar-refractivity contribution in [2.24, 2.45) is 0 Å². The lowest BCUT2D eigenvalue weighted by Gasteiger charge is -2.46. The van der Waals surface area contributed by atoms with E-state index in [1.165, 1.54) is 19.4 Å². The molecule has 0 radical (unpaired) electrons. The normalized spacial score (nSPS) is 38.0. The molecule has 2 aliphatic heterocycles. The van der Waals surface area contributed by atoms with E-state index in [-0.39, 0.29) is 5.54 Å². The Balaban J connectivity index is 2.11. The molecule has 0 amide bonds. The lowest BCUT2D eigenvalue weighted by molar-refractivity contribution is -0.144. The van der Waals surface area contributed by atoms with Gasteiger partial charge in [-0.3, -0.25) is 4.90 Å². The zero-order valence-corrected chi connectivity index (χ0v) is 10.2. The van der Waals surface area contributed by atoms with Gasteiger partial charge in [0.25, 0.3) is 0 Å². The van der Waals surface area contributed by atoms with Crippen molar-refractivity contribution in [2.75, 3.05) is 26.8 Å². The van der Waals surface area contributed by atoms with Crippen LogP contribution in [0.1, 0.15) is 33.1 Å². The summed E-state index contributed by atoms with van der Waals surface area (Å²) in [5, 5.41) is 0. The maximum Gasteiger partial charge on any atom is 0.0806 e. The van der Waals surface area contributed by atoms with Gasteiger partial charge in [0.2, 0.25) is 0 Å². The Morgan fingerprint density at radius 2 is 2.27 bits per heavy atom. The highest BCUT2D eigenvalue weighted by molar-refractivity contribution is 5.02. The van der Waals surface area contributed by atoms with Crippen LogP contribution in [0.15, 0.2) is 0 Å². The molecule has 0 aliphatic carbocycles. The largest absolute Gasteiger partial charge is 0.379 e. The van der Waals surface area contributed by atoms with E-state index in [2.05, 4.69) is 25.8 Å². The third-order valence-corrected chi connectivity index (χ3v) is 3.78. The van der Waals surface area contributed by atoms with E-state index >= 15 is 0 Å². The van der Waals surface area contributed by atoms with Crippen LogP contribution in [-0.4, -0.2) is 49.5 Å². The molecule has 88 valence electrons. The van der Waals surface area contributed by atoms with Crippen LogP contribution in [0, 0.1) is 0 Å². The average molecular weight is 213 g/mol. The molecule has 3 nitrogen and oxygen atoms in total. The molecule has 2 heterocycles. The summed E-state index contributed by atoms with van der Waals surface area (Å²) in [6.45, 7) is 7.13. The zero-order valence-electron chi connectivity index (χ0n) is 10.2. The molecule has 2 aliphatic rings. The number of likely N-dealkylation sites (N-methyl/N-ethyl adjacent to an activating group) is 1. The van der Waals surface area contributed by atoms with Gasteiger partial charge in [-0.25, -0.2) is 0 Å². The lowest BCUT2D eigenvalue weighted by Crippen LogP contribution is -2.58. The summed E-state index contributed by atoms with van der Waals surface area (Å²) in [5.41, 5.74) is 0.169. The van der Waals surface area contributed by atoms with Crippen LogP contribution in [0.5, 0.6) is 0 Å². The molecular weight excluding hydrogens is 190 g/mol. The molecular formula is C12H23NO2. The Kier molecular flexibility index (Phi) is 3.33. The monoisotopic (exact) mass is 213 g/mol. The third-order valence-electron chi connectivity index (χ3n) is 3.78. The standard InChI is InChI=1S/C12H23NO2/c1-10(2)15-11-5-8-14-9-12(11)6-4-7-13(12)3/h10-11H,4-9H2,1-3H3. The van der Waals surface area contributed by atoms with Gasteiger partial charge in [0, 0.05) is 6.61 Å². The van der Waals surface area contributed by atoms with Crippen molar-refractivity contribution < 1.29 is 9.47 Å². The second-order valence-corrected chi connectivity index (χ2v) is 5.14. The quantitative estimate of drug-likeness (QED) is 0.696. The highest BCUT2D eigenvalue weighted by Gasteiger charge is 2.48. The molecule has 15 heavy (non-hydrogen) atoms. The molecule has 3 heteroatoms. The Morgan fingerprint density at radius 1 is 1.47 bits per heavy atom. The van der Waals surface area contributed by atoms with Gasteiger partial charge in [-0.2, -0.15) is 0 Å². The molecule has 2 atom stereocenters. The summed E-state index contributed by atoms with van der Waals surface area (Å²) in [6, 6.07) is 0. The van der Waals surface area contributed by atoms with Crippen LogP contribution in [0.3, 0.4) is 0 Å². The number of likely N-dealkylation sites (tertiary alicyclic amines) is 1. The zero-order chi connectivity index (χ0) is 10.9. The molecule has 1 spiro atoms. The summed E-state index contributed by atoms with van der Waals surface area (Å²) in [5.74, 6) is 0. The van der Waals surface area contributed by atoms with E-state index in [0.717, 1.165) is 19.6 Å². The summed E-state index contributed by atoms with van der Waals surface area (Å²) >= 11 is 0. The maximum absolute atomic E-state index is 6.08. The number of nitrogens with zero attached hydrogens (tertiary/aromatic N) is 1. The van der Waals surface area contributed by atoms with Crippen molar-refractivity contribution in [1.29, 1.82) is 0 Å². The van der Waals surface area contributed by atoms with E-state index in [0.29, 0.717) is 12.2 Å². The van der Waals surface area contributed by atoms with Crippen molar-refractivity contribution >= 4 is 0 Å². The minimum atomic E-state index is 0.169. The van der Waals surface area contributed by atoms with Gasteiger partial charge in [0.15, 0.2) is 0 Å². The first-order valence-electron chi connectivity index (χ1n) is 6.09. The molecule has 0 aromatic carbocycles. The second kappa shape index (κ2) is 4.40. The highest BCUT2D eigenvalue weighted by Crippen LogP contribution is 2.37. The first-order chi connectivity index (χ1) is 7.15. The van der Waals surface area contributed by atoms with E-state index in [1.54, 1.807) is 0 Å². The number of hydrogen-bond donors (Lipinski definition) is 0. The minimum absolute atomic E-state index is 0.169. The van der Waals surface area contributed by atoms with Gasteiger partial charge in [0.05, 0.1) is 24.4 Å². The summed E-state index contributed by atoms with van der Waals surface area (Å²) in [7, 11) is 2.21. The first kappa shape index (κ1) is 11.4. The fourth-order valence-corrected chi connectivity index (χ4v) is 2.95. The number of rotatable bonds is 2. The second-order valence-electron chi connectivity index (χ2n) is 5.14. The lowest BCUT2D eigenvalue weighted by atomic mass is 9.86. The summed E-state index contributed by atoms with van der Waals surface area (Å²) in [6.07, 6.45) is 4.22. The predicted molar refractivity (Wildman–Crippen MR) is 60.0 cm³/mol. The molecule has 2 fully saturated rings. The van der Waals surface area contributed by atoms with Crippen molar-refractivity contribution in [2.45, 2.75) is 50.9 Å². The van der Waals surface area contributed by atoms with Crippen molar-refractivity contribution in [1.82, 2.24) is 4.90 Å². The van der Waals surface area contributed by atoms with Crippen LogP contribution >= 0.6 is 0 Å². The number of hydrogen-bond acceptors (Lipinski definition) is 3. The molecule has 0 aromatic rings. The van der Waals surface area contributed by atoms with E-state index in [4.69, 9.17) is 9.47 Å². The van der Waals surface area contributed by atoms with Crippen molar-refractivity contribution in [3.8, 4) is 0 Å². The van der Waals surface area contributed by atoms with Crippen LogP contribution in [0.25, 0.3) is 0 Å². The van der Waals surface area contributed by atoms with Gasteiger partial charge in [0.1, 0.15) is 0 Å². The number of ether oxygens (including phenoxy) is 2. The Bertz CT molecular complexity index is 220. The van der Waals surface area contributed by atoms with Crippen LogP contribution in [-0.2, 0) is 9.47 Å². The smallest absolute Gasteiger partial charge is 0.0806 e. The molecule has 2 saturated heterocycles. The van der Waals surface area contributed by atoms with E-state index < -0.39 is 0 Å². The van der Waals surface area contributed by atoms with Gasteiger partial charge in [-0.05, 0) is 46.7 Å². The fourth-order valence-electron chi connectivity index (χ4n) is 2.95. The molecule has 2 unspecified atom stereocenters. The summed E-state index contributed by atoms with van der Waals surface area (Å²) < 4.78 is 11.7.